The summed E-state index contributed by atoms with van der Waals surface area (Å²) in [6.07, 6.45) is 1.03. The van der Waals surface area contributed by atoms with E-state index in [4.69, 9.17) is 17.3 Å². The van der Waals surface area contributed by atoms with Crippen molar-refractivity contribution in [3.05, 3.63) is 23.0 Å². The summed E-state index contributed by atoms with van der Waals surface area (Å²) in [5, 5.41) is 0.244. The van der Waals surface area contributed by atoms with E-state index in [2.05, 4.69) is 11.6 Å². The zero-order valence-corrected chi connectivity index (χ0v) is 9.38. The van der Waals surface area contributed by atoms with Gasteiger partial charge in [-0.3, -0.25) is 0 Å². The van der Waals surface area contributed by atoms with Crippen LogP contribution in [0.4, 0.5) is 15.8 Å². The average Bonchev–Trinajstić information content (AvgIpc) is 2.18. The highest BCUT2D eigenvalue weighted by atomic mass is 35.5. The lowest BCUT2D eigenvalue weighted by Crippen LogP contribution is -1.97. The van der Waals surface area contributed by atoms with Crippen LogP contribution in [0.2, 0.25) is 5.02 Å². The number of nitrogen functional groups attached to an aromatic ring is 1. The molecule has 0 amide bonds. The Morgan fingerprint density at radius 1 is 1.57 bits per heavy atom. The maximum Gasteiger partial charge on any atom is 0.171 e. The van der Waals surface area contributed by atoms with Crippen LogP contribution in [0.5, 0.6) is 0 Å². The highest BCUT2D eigenvalue weighted by molar-refractivity contribution is 8.00. The van der Waals surface area contributed by atoms with Gasteiger partial charge in [0.25, 0.3) is 0 Å². The Morgan fingerprint density at radius 3 is 2.93 bits per heavy atom. The van der Waals surface area contributed by atoms with Gasteiger partial charge in [0.05, 0.1) is 16.4 Å². The maximum atomic E-state index is 13.4. The maximum absolute atomic E-state index is 13.4. The van der Waals surface area contributed by atoms with Crippen molar-refractivity contribution < 1.29 is 4.39 Å². The molecule has 0 saturated carbocycles. The molecule has 0 aliphatic carbocycles. The number of rotatable bonds is 4. The molecule has 1 aromatic carbocycles. The fourth-order valence-corrected chi connectivity index (χ4v) is 1.64. The van der Waals surface area contributed by atoms with Gasteiger partial charge in [0, 0.05) is 5.75 Å². The van der Waals surface area contributed by atoms with E-state index in [0.717, 1.165) is 12.2 Å². The van der Waals surface area contributed by atoms with Crippen molar-refractivity contribution in [1.29, 1.82) is 0 Å². The smallest absolute Gasteiger partial charge is 0.171 e. The van der Waals surface area contributed by atoms with Crippen molar-refractivity contribution in [2.24, 2.45) is 0 Å². The van der Waals surface area contributed by atoms with Crippen LogP contribution in [0.3, 0.4) is 0 Å². The lowest BCUT2D eigenvalue weighted by Gasteiger charge is -2.08. The Bertz CT molecular complexity index is 320. The highest BCUT2D eigenvalue weighted by Gasteiger charge is 2.08. The summed E-state index contributed by atoms with van der Waals surface area (Å²) in [6.45, 7) is 2.06. The molecule has 5 heteroatoms. The standard InChI is InChI=1S/C9H12ClFN2S/c1-2-5-14-13-7-4-3-6(10)9(12)8(7)11/h3-4,13H,2,5,12H2,1H3. The van der Waals surface area contributed by atoms with Crippen LogP contribution in [-0.2, 0) is 0 Å². The molecule has 3 N–H and O–H groups in total. The van der Waals surface area contributed by atoms with Crippen LogP contribution < -0.4 is 10.5 Å². The monoisotopic (exact) mass is 234 g/mol. The van der Waals surface area contributed by atoms with Gasteiger partial charge in [-0.15, -0.1) is 0 Å². The van der Waals surface area contributed by atoms with Gasteiger partial charge in [0.1, 0.15) is 0 Å². The van der Waals surface area contributed by atoms with E-state index in [0.29, 0.717) is 5.69 Å². The summed E-state index contributed by atoms with van der Waals surface area (Å²) in [7, 11) is 0. The predicted octanol–water partition coefficient (Wildman–Crippen LogP) is 3.53. The molecule has 14 heavy (non-hydrogen) atoms. The van der Waals surface area contributed by atoms with Crippen molar-refractivity contribution in [3.63, 3.8) is 0 Å². The normalized spacial score (nSPS) is 10.2. The Balaban J connectivity index is 2.73. The molecule has 0 fully saturated rings. The molecule has 78 valence electrons. The molecule has 1 rings (SSSR count). The first-order valence-electron chi connectivity index (χ1n) is 4.28. The summed E-state index contributed by atoms with van der Waals surface area (Å²) in [4.78, 5) is 0. The Morgan fingerprint density at radius 2 is 2.29 bits per heavy atom. The first-order valence-corrected chi connectivity index (χ1v) is 5.64. The van der Waals surface area contributed by atoms with E-state index in [9.17, 15) is 4.39 Å². The predicted molar refractivity (Wildman–Crippen MR) is 62.2 cm³/mol. The molecule has 1 aromatic rings. The van der Waals surface area contributed by atoms with E-state index >= 15 is 0 Å². The fourth-order valence-electron chi connectivity index (χ4n) is 0.879. The first kappa shape index (κ1) is 11.5. The molecule has 0 aromatic heterocycles. The van der Waals surface area contributed by atoms with Crippen LogP contribution in [-0.4, -0.2) is 5.75 Å². The van der Waals surface area contributed by atoms with E-state index in [1.165, 1.54) is 11.9 Å². The molecule has 0 saturated heterocycles. The van der Waals surface area contributed by atoms with Gasteiger partial charge in [0.2, 0.25) is 0 Å². The van der Waals surface area contributed by atoms with Crippen LogP contribution in [0, 0.1) is 5.82 Å². The molecular formula is C9H12ClFN2S. The van der Waals surface area contributed by atoms with Crippen molar-refractivity contribution >= 4 is 34.9 Å². The molecule has 0 aliphatic heterocycles. The molecule has 0 atom stereocenters. The first-order chi connectivity index (χ1) is 6.66. The molecule has 0 radical (unpaired) electrons. The zero-order chi connectivity index (χ0) is 10.6. The number of nitrogens with one attached hydrogen (secondary N) is 1. The van der Waals surface area contributed by atoms with Gasteiger partial charge in [-0.05, 0) is 18.6 Å². The van der Waals surface area contributed by atoms with Gasteiger partial charge in [-0.25, -0.2) is 4.39 Å². The van der Waals surface area contributed by atoms with Gasteiger partial charge in [-0.2, -0.15) is 0 Å². The van der Waals surface area contributed by atoms with Gasteiger partial charge in [0.15, 0.2) is 5.82 Å². The highest BCUT2D eigenvalue weighted by Crippen LogP contribution is 2.28. The van der Waals surface area contributed by atoms with Gasteiger partial charge < -0.3 is 10.5 Å². The second-order valence-electron chi connectivity index (χ2n) is 2.77. The molecule has 0 aliphatic rings. The Labute approximate surface area is 92.1 Å². The van der Waals surface area contributed by atoms with Gasteiger partial charge >= 0.3 is 0 Å². The number of hydrogen-bond acceptors (Lipinski definition) is 3. The Hall–Kier alpha value is -0.610. The molecule has 0 spiro atoms. The number of benzene rings is 1. The second-order valence-corrected chi connectivity index (χ2v) is 4.08. The van der Waals surface area contributed by atoms with Crippen LogP contribution in [0.1, 0.15) is 13.3 Å². The van der Waals surface area contributed by atoms with Crippen molar-refractivity contribution in [1.82, 2.24) is 0 Å². The largest absolute Gasteiger partial charge is 0.395 e. The lowest BCUT2D eigenvalue weighted by molar-refractivity contribution is 0.637. The Kier molecular flexibility index (Phi) is 4.35. The molecule has 0 bridgehead atoms. The van der Waals surface area contributed by atoms with Crippen LogP contribution in [0.15, 0.2) is 12.1 Å². The zero-order valence-electron chi connectivity index (χ0n) is 7.81. The van der Waals surface area contributed by atoms with E-state index in [-0.39, 0.29) is 10.7 Å². The molecule has 2 nitrogen and oxygen atoms in total. The molecule has 0 unspecified atom stereocenters. The van der Waals surface area contributed by atoms with Crippen molar-refractivity contribution in [2.45, 2.75) is 13.3 Å². The minimum atomic E-state index is -0.485. The van der Waals surface area contributed by atoms with Crippen LogP contribution in [0.25, 0.3) is 0 Å². The summed E-state index contributed by atoms with van der Waals surface area (Å²) in [6, 6.07) is 3.16. The molecular weight excluding hydrogens is 223 g/mol. The number of anilines is 2. The fraction of sp³-hybridized carbons (Fsp3) is 0.333. The number of halogens is 2. The summed E-state index contributed by atoms with van der Waals surface area (Å²) < 4.78 is 16.3. The average molecular weight is 235 g/mol. The van der Waals surface area contributed by atoms with Crippen molar-refractivity contribution in [3.8, 4) is 0 Å². The lowest BCUT2D eigenvalue weighted by atomic mass is 10.3. The van der Waals surface area contributed by atoms with E-state index < -0.39 is 5.82 Å². The second kappa shape index (κ2) is 5.32. The third kappa shape index (κ3) is 2.69. The minimum Gasteiger partial charge on any atom is -0.395 e. The number of hydrogen-bond donors (Lipinski definition) is 2. The third-order valence-corrected chi connectivity index (χ3v) is 2.92. The quantitative estimate of drug-likeness (QED) is 0.476. The van der Waals surface area contributed by atoms with E-state index in [1.54, 1.807) is 12.1 Å². The topological polar surface area (TPSA) is 38.0 Å². The summed E-state index contributed by atoms with van der Waals surface area (Å²) in [5.41, 5.74) is 5.80. The number of nitrogens with two attached hydrogens (primary N) is 1. The summed E-state index contributed by atoms with van der Waals surface area (Å²) in [5.74, 6) is 0.434. The third-order valence-electron chi connectivity index (χ3n) is 1.61. The molecule has 0 heterocycles. The van der Waals surface area contributed by atoms with Crippen LogP contribution >= 0.6 is 23.5 Å². The van der Waals surface area contributed by atoms with Crippen molar-refractivity contribution in [2.75, 3.05) is 16.2 Å². The summed E-state index contributed by atoms with van der Waals surface area (Å²) >= 11 is 7.09. The minimum absolute atomic E-state index is 0.00577. The van der Waals surface area contributed by atoms with E-state index in [1.807, 2.05) is 0 Å². The van der Waals surface area contributed by atoms with Gasteiger partial charge in [-0.1, -0.05) is 30.5 Å². The SMILES string of the molecule is CCCSNc1ccc(Cl)c(N)c1F.